The van der Waals surface area contributed by atoms with Gasteiger partial charge in [0.05, 0.1) is 19.2 Å². The minimum absolute atomic E-state index is 0.268. The summed E-state index contributed by atoms with van der Waals surface area (Å²) in [5.41, 5.74) is 0. The Morgan fingerprint density at radius 3 is 3.00 bits per heavy atom. The van der Waals surface area contributed by atoms with Crippen LogP contribution < -0.4 is 0 Å². The van der Waals surface area contributed by atoms with E-state index in [1.54, 1.807) is 0 Å². The van der Waals surface area contributed by atoms with Crippen molar-refractivity contribution in [2.24, 2.45) is 0 Å². The summed E-state index contributed by atoms with van der Waals surface area (Å²) < 4.78 is 5.21. The molecule has 19 heavy (non-hydrogen) atoms. The fraction of sp³-hybridized carbons (Fsp3) is 0.769. The Hall–Kier alpha value is -1.45. The second kappa shape index (κ2) is 6.13. The van der Waals surface area contributed by atoms with Gasteiger partial charge < -0.3 is 4.52 Å². The molecular formula is C13H21N5O. The van der Waals surface area contributed by atoms with Crippen molar-refractivity contribution < 1.29 is 4.52 Å². The lowest BCUT2D eigenvalue weighted by atomic mass is 10.2. The maximum atomic E-state index is 8.70. The van der Waals surface area contributed by atoms with E-state index in [2.05, 4.69) is 33.1 Å². The number of likely N-dealkylation sites (N-methyl/N-ethyl adjacent to an activating group) is 1. The quantitative estimate of drug-likeness (QED) is 0.744. The van der Waals surface area contributed by atoms with Gasteiger partial charge in [0.25, 0.3) is 0 Å². The topological polar surface area (TPSA) is 69.2 Å². The SMILES string of the molecule is CC(C)c1nc(CN(C)C2CCN(CC#N)C2)no1. The van der Waals surface area contributed by atoms with Crippen LogP contribution in [0.4, 0.5) is 0 Å². The van der Waals surface area contributed by atoms with Gasteiger partial charge in [-0.05, 0) is 13.5 Å². The molecule has 1 aliphatic heterocycles. The molecule has 6 heteroatoms. The smallest absolute Gasteiger partial charge is 0.229 e. The molecule has 0 N–H and O–H groups in total. The second-order valence-electron chi connectivity index (χ2n) is 5.45. The van der Waals surface area contributed by atoms with Gasteiger partial charge in [-0.1, -0.05) is 19.0 Å². The van der Waals surface area contributed by atoms with E-state index in [9.17, 15) is 0 Å². The average molecular weight is 263 g/mol. The summed E-state index contributed by atoms with van der Waals surface area (Å²) in [5, 5.41) is 12.7. The first kappa shape index (κ1) is 14.0. The number of nitriles is 1. The summed E-state index contributed by atoms with van der Waals surface area (Å²) in [6.07, 6.45) is 1.09. The van der Waals surface area contributed by atoms with E-state index < -0.39 is 0 Å². The van der Waals surface area contributed by atoms with Gasteiger partial charge in [0.15, 0.2) is 5.82 Å². The predicted molar refractivity (Wildman–Crippen MR) is 70.3 cm³/mol. The second-order valence-corrected chi connectivity index (χ2v) is 5.45. The molecule has 1 atom stereocenters. The number of hydrogen-bond donors (Lipinski definition) is 0. The van der Waals surface area contributed by atoms with Crippen molar-refractivity contribution in [1.82, 2.24) is 19.9 Å². The zero-order valence-electron chi connectivity index (χ0n) is 11.8. The average Bonchev–Trinajstić information content (AvgIpc) is 2.98. The Kier molecular flexibility index (Phi) is 4.51. The molecule has 104 valence electrons. The summed E-state index contributed by atoms with van der Waals surface area (Å²) in [5.74, 6) is 1.70. The van der Waals surface area contributed by atoms with Crippen molar-refractivity contribution in [3.63, 3.8) is 0 Å². The monoisotopic (exact) mass is 263 g/mol. The molecule has 6 nitrogen and oxygen atoms in total. The van der Waals surface area contributed by atoms with E-state index in [-0.39, 0.29) is 5.92 Å². The van der Waals surface area contributed by atoms with Crippen LogP contribution >= 0.6 is 0 Å². The van der Waals surface area contributed by atoms with Crippen molar-refractivity contribution in [3.05, 3.63) is 11.7 Å². The fourth-order valence-corrected chi connectivity index (χ4v) is 2.33. The lowest BCUT2D eigenvalue weighted by Gasteiger charge is -2.22. The van der Waals surface area contributed by atoms with Crippen LogP contribution in [-0.2, 0) is 6.54 Å². The standard InChI is InChI=1S/C13H21N5O/c1-10(2)13-15-12(16-19-13)9-17(3)11-4-6-18(8-11)7-5-14/h10-11H,4,6-9H2,1-3H3. The molecule has 1 saturated heterocycles. The lowest BCUT2D eigenvalue weighted by Crippen LogP contribution is -2.34. The highest BCUT2D eigenvalue weighted by Gasteiger charge is 2.26. The fourth-order valence-electron chi connectivity index (χ4n) is 2.33. The number of likely N-dealkylation sites (tertiary alicyclic amines) is 1. The van der Waals surface area contributed by atoms with Crippen LogP contribution in [0.1, 0.15) is 37.9 Å². The number of aromatic nitrogens is 2. The van der Waals surface area contributed by atoms with Gasteiger partial charge in [0, 0.05) is 25.0 Å². The third kappa shape index (κ3) is 3.52. The van der Waals surface area contributed by atoms with Gasteiger partial charge >= 0.3 is 0 Å². The highest BCUT2D eigenvalue weighted by molar-refractivity contribution is 4.93. The highest BCUT2D eigenvalue weighted by atomic mass is 16.5. The summed E-state index contributed by atoms with van der Waals surface area (Å²) in [4.78, 5) is 8.81. The molecular weight excluding hydrogens is 242 g/mol. The van der Waals surface area contributed by atoms with E-state index in [0.29, 0.717) is 25.0 Å². The third-order valence-electron chi connectivity index (χ3n) is 3.53. The van der Waals surface area contributed by atoms with E-state index in [1.165, 1.54) is 0 Å². The zero-order chi connectivity index (χ0) is 13.8. The summed E-state index contributed by atoms with van der Waals surface area (Å²) in [7, 11) is 2.08. The molecule has 2 heterocycles. The van der Waals surface area contributed by atoms with Crippen molar-refractivity contribution in [3.8, 4) is 6.07 Å². The van der Waals surface area contributed by atoms with Gasteiger partial charge in [-0.3, -0.25) is 9.80 Å². The predicted octanol–water partition coefficient (Wildman–Crippen LogP) is 1.22. The zero-order valence-corrected chi connectivity index (χ0v) is 11.8. The van der Waals surface area contributed by atoms with Crippen LogP contribution in [0.15, 0.2) is 4.52 Å². The van der Waals surface area contributed by atoms with Gasteiger partial charge in [-0.25, -0.2) is 0 Å². The maximum Gasteiger partial charge on any atom is 0.229 e. The molecule has 0 aliphatic carbocycles. The lowest BCUT2D eigenvalue weighted by molar-refractivity contribution is 0.222. The van der Waals surface area contributed by atoms with Crippen LogP contribution in [-0.4, -0.2) is 52.7 Å². The summed E-state index contributed by atoms with van der Waals surface area (Å²) in [6.45, 7) is 7.23. The van der Waals surface area contributed by atoms with E-state index in [4.69, 9.17) is 9.78 Å². The summed E-state index contributed by atoms with van der Waals surface area (Å²) in [6, 6.07) is 2.67. The molecule has 1 fully saturated rings. The maximum absolute atomic E-state index is 8.70. The van der Waals surface area contributed by atoms with E-state index >= 15 is 0 Å². The Balaban J connectivity index is 1.87. The number of hydrogen-bond acceptors (Lipinski definition) is 6. The first-order valence-electron chi connectivity index (χ1n) is 6.72. The number of rotatable bonds is 5. The molecule has 0 aromatic carbocycles. The van der Waals surface area contributed by atoms with Gasteiger partial charge in [-0.2, -0.15) is 10.2 Å². The molecule has 2 rings (SSSR count). The molecule has 0 radical (unpaired) electrons. The van der Waals surface area contributed by atoms with E-state index in [1.807, 2.05) is 13.8 Å². The van der Waals surface area contributed by atoms with Crippen LogP contribution in [0, 0.1) is 11.3 Å². The normalized spacial score (nSPS) is 20.3. The van der Waals surface area contributed by atoms with Crippen molar-refractivity contribution in [2.75, 3.05) is 26.7 Å². The molecule has 0 bridgehead atoms. The first-order valence-corrected chi connectivity index (χ1v) is 6.72. The summed E-state index contributed by atoms with van der Waals surface area (Å²) >= 11 is 0. The van der Waals surface area contributed by atoms with Crippen LogP contribution in [0.3, 0.4) is 0 Å². The molecule has 0 saturated carbocycles. The molecule has 0 amide bonds. The minimum atomic E-state index is 0.268. The van der Waals surface area contributed by atoms with Crippen molar-refractivity contribution in [2.45, 2.75) is 38.8 Å². The minimum Gasteiger partial charge on any atom is -0.339 e. The van der Waals surface area contributed by atoms with Gasteiger partial charge in [0.2, 0.25) is 5.89 Å². The Morgan fingerprint density at radius 1 is 1.58 bits per heavy atom. The molecule has 1 aromatic rings. The van der Waals surface area contributed by atoms with Gasteiger partial charge in [-0.15, -0.1) is 0 Å². The Morgan fingerprint density at radius 2 is 2.37 bits per heavy atom. The first-order chi connectivity index (χ1) is 9.10. The van der Waals surface area contributed by atoms with Crippen LogP contribution in [0.5, 0.6) is 0 Å². The molecule has 0 spiro atoms. The molecule has 1 aliphatic rings. The highest BCUT2D eigenvalue weighted by Crippen LogP contribution is 2.16. The largest absolute Gasteiger partial charge is 0.339 e. The number of nitrogens with zero attached hydrogens (tertiary/aromatic N) is 5. The third-order valence-corrected chi connectivity index (χ3v) is 3.53. The van der Waals surface area contributed by atoms with Crippen LogP contribution in [0.2, 0.25) is 0 Å². The molecule has 1 aromatic heterocycles. The van der Waals surface area contributed by atoms with Crippen molar-refractivity contribution >= 4 is 0 Å². The van der Waals surface area contributed by atoms with Crippen LogP contribution in [0.25, 0.3) is 0 Å². The van der Waals surface area contributed by atoms with Crippen molar-refractivity contribution in [1.29, 1.82) is 5.26 Å². The van der Waals surface area contributed by atoms with E-state index in [0.717, 1.165) is 25.3 Å². The molecule has 1 unspecified atom stereocenters. The Labute approximate surface area is 114 Å². The Bertz CT molecular complexity index is 450. The van der Waals surface area contributed by atoms with Gasteiger partial charge in [0.1, 0.15) is 0 Å².